The summed E-state index contributed by atoms with van der Waals surface area (Å²) in [6.45, 7) is 0.438. The number of nitrogens with two attached hydrogens (primary N) is 1. The van der Waals surface area contributed by atoms with Gasteiger partial charge in [-0.25, -0.2) is 5.90 Å². The zero-order valence-corrected chi connectivity index (χ0v) is 8.10. The van der Waals surface area contributed by atoms with Gasteiger partial charge in [-0.3, -0.25) is 4.84 Å². The van der Waals surface area contributed by atoms with E-state index in [1.165, 1.54) is 17.5 Å². The molecule has 0 saturated carbocycles. The van der Waals surface area contributed by atoms with Crippen molar-refractivity contribution in [2.75, 3.05) is 0 Å². The summed E-state index contributed by atoms with van der Waals surface area (Å²) in [5.41, 5.74) is 3.73. The van der Waals surface area contributed by atoms with Gasteiger partial charge in [-0.15, -0.1) is 0 Å². The summed E-state index contributed by atoms with van der Waals surface area (Å²) in [5.74, 6) is 5.01. The standard InChI is InChI=1S/C10H12ClNO/c11-10-5-7(6-13-12)4-8-2-1-3-9(8)10/h4-5H,1-3,6,12H2. The summed E-state index contributed by atoms with van der Waals surface area (Å²) in [4.78, 5) is 4.58. The maximum absolute atomic E-state index is 6.11. The lowest BCUT2D eigenvalue weighted by atomic mass is 10.1. The van der Waals surface area contributed by atoms with Gasteiger partial charge in [0, 0.05) is 5.02 Å². The van der Waals surface area contributed by atoms with Crippen molar-refractivity contribution in [3.8, 4) is 0 Å². The Bertz CT molecular complexity index is 325. The van der Waals surface area contributed by atoms with Crippen LogP contribution in [0, 0.1) is 0 Å². The Morgan fingerprint density at radius 3 is 3.00 bits per heavy atom. The maximum Gasteiger partial charge on any atom is 0.0930 e. The predicted octanol–water partition coefficient (Wildman–Crippen LogP) is 2.22. The molecule has 2 N–H and O–H groups in total. The van der Waals surface area contributed by atoms with Crippen LogP contribution in [0.25, 0.3) is 0 Å². The van der Waals surface area contributed by atoms with Gasteiger partial charge in [0.2, 0.25) is 0 Å². The number of hydrogen-bond donors (Lipinski definition) is 1. The Morgan fingerprint density at radius 2 is 2.23 bits per heavy atom. The molecular formula is C10H12ClNO. The van der Waals surface area contributed by atoms with Crippen molar-refractivity contribution in [2.24, 2.45) is 5.90 Å². The molecule has 0 saturated heterocycles. The molecule has 2 rings (SSSR count). The minimum Gasteiger partial charge on any atom is -0.300 e. The Kier molecular flexibility index (Phi) is 2.54. The van der Waals surface area contributed by atoms with E-state index in [1.54, 1.807) is 0 Å². The van der Waals surface area contributed by atoms with E-state index in [9.17, 15) is 0 Å². The molecule has 0 heterocycles. The van der Waals surface area contributed by atoms with Gasteiger partial charge in [0.05, 0.1) is 6.61 Å². The molecule has 1 aliphatic carbocycles. The van der Waals surface area contributed by atoms with Crippen LogP contribution in [0.4, 0.5) is 0 Å². The minimum absolute atomic E-state index is 0.438. The summed E-state index contributed by atoms with van der Waals surface area (Å²) in [6.07, 6.45) is 3.45. The molecule has 1 aromatic rings. The molecule has 13 heavy (non-hydrogen) atoms. The van der Waals surface area contributed by atoms with Crippen molar-refractivity contribution in [3.05, 3.63) is 33.8 Å². The lowest BCUT2D eigenvalue weighted by Gasteiger charge is -2.05. The zero-order valence-electron chi connectivity index (χ0n) is 7.35. The van der Waals surface area contributed by atoms with Crippen LogP contribution < -0.4 is 5.90 Å². The third-order valence-electron chi connectivity index (χ3n) is 2.47. The summed E-state index contributed by atoms with van der Waals surface area (Å²) in [6, 6.07) is 4.08. The number of halogens is 1. The van der Waals surface area contributed by atoms with E-state index in [0.717, 1.165) is 23.4 Å². The van der Waals surface area contributed by atoms with E-state index >= 15 is 0 Å². The van der Waals surface area contributed by atoms with Gasteiger partial charge < -0.3 is 0 Å². The first-order valence-electron chi connectivity index (χ1n) is 4.43. The van der Waals surface area contributed by atoms with E-state index in [4.69, 9.17) is 17.5 Å². The lowest BCUT2D eigenvalue weighted by Crippen LogP contribution is -2.00. The predicted molar refractivity (Wildman–Crippen MR) is 52.5 cm³/mol. The number of aryl methyl sites for hydroxylation is 1. The molecular weight excluding hydrogens is 186 g/mol. The van der Waals surface area contributed by atoms with Crippen LogP contribution in [0.5, 0.6) is 0 Å². The quantitative estimate of drug-likeness (QED) is 0.738. The monoisotopic (exact) mass is 197 g/mol. The highest BCUT2D eigenvalue weighted by molar-refractivity contribution is 6.31. The van der Waals surface area contributed by atoms with Crippen LogP contribution in [0.1, 0.15) is 23.1 Å². The topological polar surface area (TPSA) is 35.2 Å². The fraction of sp³-hybridized carbons (Fsp3) is 0.400. The average Bonchev–Trinajstić information content (AvgIpc) is 2.53. The normalized spacial score (nSPS) is 14.6. The van der Waals surface area contributed by atoms with E-state index in [0.29, 0.717) is 6.61 Å². The van der Waals surface area contributed by atoms with Gasteiger partial charge in [0.25, 0.3) is 0 Å². The average molecular weight is 198 g/mol. The van der Waals surface area contributed by atoms with E-state index in [2.05, 4.69) is 10.9 Å². The fourth-order valence-electron chi connectivity index (χ4n) is 1.89. The molecule has 0 amide bonds. The minimum atomic E-state index is 0.438. The molecule has 1 aliphatic rings. The molecule has 2 nitrogen and oxygen atoms in total. The molecule has 0 unspecified atom stereocenters. The first-order valence-corrected chi connectivity index (χ1v) is 4.81. The van der Waals surface area contributed by atoms with Crippen LogP contribution in [-0.2, 0) is 24.3 Å². The second kappa shape index (κ2) is 3.66. The second-order valence-electron chi connectivity index (χ2n) is 3.38. The summed E-state index contributed by atoms with van der Waals surface area (Å²) in [7, 11) is 0. The highest BCUT2D eigenvalue weighted by atomic mass is 35.5. The maximum atomic E-state index is 6.11. The van der Waals surface area contributed by atoms with Crippen molar-refractivity contribution in [2.45, 2.75) is 25.9 Å². The van der Waals surface area contributed by atoms with Crippen LogP contribution in [0.15, 0.2) is 12.1 Å². The van der Waals surface area contributed by atoms with Gasteiger partial charge in [-0.1, -0.05) is 17.7 Å². The number of benzene rings is 1. The van der Waals surface area contributed by atoms with Gasteiger partial charge in [-0.2, -0.15) is 0 Å². The van der Waals surface area contributed by atoms with E-state index in [1.807, 2.05) is 6.07 Å². The first kappa shape index (κ1) is 9.00. The number of rotatable bonds is 2. The first-order chi connectivity index (χ1) is 6.31. The summed E-state index contributed by atoms with van der Waals surface area (Å²) < 4.78 is 0. The van der Waals surface area contributed by atoms with Gasteiger partial charge >= 0.3 is 0 Å². The molecule has 70 valence electrons. The van der Waals surface area contributed by atoms with Gasteiger partial charge in [0.1, 0.15) is 0 Å². The smallest absolute Gasteiger partial charge is 0.0930 e. The van der Waals surface area contributed by atoms with Gasteiger partial charge in [-0.05, 0) is 42.0 Å². The Morgan fingerprint density at radius 1 is 1.38 bits per heavy atom. The molecule has 1 aromatic carbocycles. The summed E-state index contributed by atoms with van der Waals surface area (Å²) >= 11 is 6.11. The third kappa shape index (κ3) is 1.70. The molecule has 0 aliphatic heterocycles. The Balaban J connectivity index is 2.37. The third-order valence-corrected chi connectivity index (χ3v) is 2.81. The van der Waals surface area contributed by atoms with Crippen LogP contribution in [0.2, 0.25) is 5.02 Å². The lowest BCUT2D eigenvalue weighted by molar-refractivity contribution is 0.124. The molecule has 0 fully saturated rings. The summed E-state index contributed by atoms with van der Waals surface area (Å²) in [5, 5.41) is 0.863. The van der Waals surface area contributed by atoms with E-state index in [-0.39, 0.29) is 0 Å². The Hall–Kier alpha value is -0.570. The largest absolute Gasteiger partial charge is 0.300 e. The molecule has 0 spiro atoms. The zero-order chi connectivity index (χ0) is 9.26. The van der Waals surface area contributed by atoms with Crippen LogP contribution >= 0.6 is 11.6 Å². The highest BCUT2D eigenvalue weighted by Crippen LogP contribution is 2.30. The molecule has 3 heteroatoms. The molecule has 0 radical (unpaired) electrons. The van der Waals surface area contributed by atoms with Gasteiger partial charge in [0.15, 0.2) is 0 Å². The van der Waals surface area contributed by atoms with Crippen molar-refractivity contribution in [1.82, 2.24) is 0 Å². The molecule has 0 aromatic heterocycles. The molecule has 0 atom stereocenters. The van der Waals surface area contributed by atoms with Crippen molar-refractivity contribution < 1.29 is 4.84 Å². The van der Waals surface area contributed by atoms with E-state index < -0.39 is 0 Å². The van der Waals surface area contributed by atoms with Crippen molar-refractivity contribution in [1.29, 1.82) is 0 Å². The van der Waals surface area contributed by atoms with Crippen molar-refractivity contribution in [3.63, 3.8) is 0 Å². The SMILES string of the molecule is NOCc1cc(Cl)c2c(c1)CCC2. The highest BCUT2D eigenvalue weighted by Gasteiger charge is 2.14. The van der Waals surface area contributed by atoms with Crippen LogP contribution in [0.3, 0.4) is 0 Å². The number of hydrogen-bond acceptors (Lipinski definition) is 2. The number of fused-ring (bicyclic) bond motifs is 1. The molecule has 0 bridgehead atoms. The van der Waals surface area contributed by atoms with Crippen LogP contribution in [-0.4, -0.2) is 0 Å². The van der Waals surface area contributed by atoms with Crippen molar-refractivity contribution >= 4 is 11.6 Å². The Labute approximate surface area is 82.6 Å². The second-order valence-corrected chi connectivity index (χ2v) is 3.79. The fourth-order valence-corrected chi connectivity index (χ4v) is 2.25.